The smallest absolute Gasteiger partial charge is 0.0686 e. The lowest BCUT2D eigenvalue weighted by atomic mass is 10.2. The molecule has 0 fully saturated rings. The number of allylic oxidation sites excluding steroid dienone is 3. The number of benzene rings is 1. The Hall–Kier alpha value is -1.83. The van der Waals surface area contributed by atoms with Crippen molar-refractivity contribution in [1.82, 2.24) is 9.78 Å². The van der Waals surface area contributed by atoms with Crippen molar-refractivity contribution in [2.24, 2.45) is 0 Å². The van der Waals surface area contributed by atoms with Crippen molar-refractivity contribution in [1.29, 1.82) is 0 Å². The summed E-state index contributed by atoms with van der Waals surface area (Å²) in [6.45, 7) is 4.40. The van der Waals surface area contributed by atoms with Gasteiger partial charge >= 0.3 is 0 Å². The number of fused-ring (bicyclic) bond motifs is 1. The molecule has 0 aliphatic carbocycles. The number of rotatable bonds is 3. The lowest BCUT2D eigenvalue weighted by Crippen LogP contribution is -1.96. The molecule has 1 aromatic carbocycles. The van der Waals surface area contributed by atoms with Gasteiger partial charge < -0.3 is 0 Å². The van der Waals surface area contributed by atoms with Crippen molar-refractivity contribution in [2.75, 3.05) is 0 Å². The van der Waals surface area contributed by atoms with Crippen molar-refractivity contribution >= 4 is 10.9 Å². The fourth-order valence-electron chi connectivity index (χ4n) is 1.37. The molecule has 0 N–H and O–H groups in total. The Kier molecular flexibility index (Phi) is 2.45. The van der Waals surface area contributed by atoms with Gasteiger partial charge in [-0.25, -0.2) is 0 Å². The van der Waals surface area contributed by atoms with Gasteiger partial charge in [0.2, 0.25) is 0 Å². The molecule has 2 heteroatoms. The molecule has 0 saturated heterocycles. The van der Waals surface area contributed by atoms with E-state index >= 15 is 0 Å². The SMILES string of the molecule is C=CC=CCn1ncc2c[c]ccc21. The zero-order valence-electron chi connectivity index (χ0n) is 7.85. The van der Waals surface area contributed by atoms with Crippen LogP contribution >= 0.6 is 0 Å². The molecule has 1 heterocycles. The highest BCUT2D eigenvalue weighted by atomic mass is 15.3. The zero-order chi connectivity index (χ0) is 9.80. The summed E-state index contributed by atoms with van der Waals surface area (Å²) in [4.78, 5) is 0. The van der Waals surface area contributed by atoms with E-state index in [1.807, 2.05) is 41.2 Å². The second-order valence-corrected chi connectivity index (χ2v) is 2.98. The number of hydrogen-bond donors (Lipinski definition) is 0. The van der Waals surface area contributed by atoms with E-state index in [4.69, 9.17) is 0 Å². The minimum Gasteiger partial charge on any atom is -0.261 e. The van der Waals surface area contributed by atoms with Crippen LogP contribution in [-0.4, -0.2) is 9.78 Å². The predicted octanol–water partition coefficient (Wildman–Crippen LogP) is 2.58. The summed E-state index contributed by atoms with van der Waals surface area (Å²) in [6.07, 6.45) is 7.56. The maximum absolute atomic E-state index is 4.28. The summed E-state index contributed by atoms with van der Waals surface area (Å²) in [5.74, 6) is 0. The van der Waals surface area contributed by atoms with Crippen LogP contribution in [-0.2, 0) is 6.54 Å². The van der Waals surface area contributed by atoms with Crippen LogP contribution in [0.1, 0.15) is 0 Å². The van der Waals surface area contributed by atoms with Gasteiger partial charge in [-0.2, -0.15) is 5.10 Å². The van der Waals surface area contributed by atoms with Gasteiger partial charge in [-0.1, -0.05) is 30.9 Å². The van der Waals surface area contributed by atoms with Gasteiger partial charge in [0, 0.05) is 5.39 Å². The Labute approximate surface area is 83.2 Å². The number of hydrogen-bond acceptors (Lipinski definition) is 1. The summed E-state index contributed by atoms with van der Waals surface area (Å²) in [5.41, 5.74) is 1.14. The summed E-state index contributed by atoms with van der Waals surface area (Å²) in [6, 6.07) is 8.89. The van der Waals surface area contributed by atoms with Crippen molar-refractivity contribution < 1.29 is 0 Å². The lowest BCUT2D eigenvalue weighted by Gasteiger charge is -1.97. The Balaban J connectivity index is 2.33. The Morgan fingerprint density at radius 3 is 3.36 bits per heavy atom. The summed E-state index contributed by atoms with van der Waals surface area (Å²) >= 11 is 0. The fourth-order valence-corrected chi connectivity index (χ4v) is 1.37. The second kappa shape index (κ2) is 3.92. The van der Waals surface area contributed by atoms with Crippen LogP contribution in [0.5, 0.6) is 0 Å². The quantitative estimate of drug-likeness (QED) is 0.669. The first-order chi connectivity index (χ1) is 6.92. The molecule has 0 amide bonds. The Morgan fingerprint density at radius 2 is 2.50 bits per heavy atom. The first-order valence-electron chi connectivity index (χ1n) is 4.51. The van der Waals surface area contributed by atoms with E-state index in [1.54, 1.807) is 6.08 Å². The van der Waals surface area contributed by atoms with E-state index in [2.05, 4.69) is 17.7 Å². The maximum atomic E-state index is 4.28. The highest BCUT2D eigenvalue weighted by Gasteiger charge is 1.98. The van der Waals surface area contributed by atoms with E-state index in [0.717, 1.165) is 17.4 Å². The molecule has 69 valence electrons. The molecule has 2 nitrogen and oxygen atoms in total. The van der Waals surface area contributed by atoms with Crippen molar-refractivity contribution in [2.45, 2.75) is 6.54 Å². The van der Waals surface area contributed by atoms with Gasteiger partial charge in [0.15, 0.2) is 0 Å². The fraction of sp³-hybridized carbons (Fsp3) is 0.0833. The van der Waals surface area contributed by atoms with Crippen LogP contribution in [0, 0.1) is 6.07 Å². The average molecular weight is 183 g/mol. The van der Waals surface area contributed by atoms with Gasteiger partial charge in [0.25, 0.3) is 0 Å². The average Bonchev–Trinajstić information content (AvgIpc) is 2.63. The van der Waals surface area contributed by atoms with E-state index in [9.17, 15) is 0 Å². The summed E-state index contributed by atoms with van der Waals surface area (Å²) in [7, 11) is 0. The summed E-state index contributed by atoms with van der Waals surface area (Å²) in [5, 5.41) is 5.40. The summed E-state index contributed by atoms with van der Waals surface area (Å²) < 4.78 is 1.95. The van der Waals surface area contributed by atoms with Crippen LogP contribution in [0.4, 0.5) is 0 Å². The van der Waals surface area contributed by atoms with Gasteiger partial charge in [0.1, 0.15) is 0 Å². The molecule has 2 aromatic rings. The molecular formula is C12H11N2. The molecule has 0 aliphatic rings. The molecule has 0 atom stereocenters. The normalized spacial score (nSPS) is 11.1. The van der Waals surface area contributed by atoms with Gasteiger partial charge in [0.05, 0.1) is 18.3 Å². The molecule has 0 spiro atoms. The van der Waals surface area contributed by atoms with Crippen LogP contribution < -0.4 is 0 Å². The van der Waals surface area contributed by atoms with E-state index in [-0.39, 0.29) is 0 Å². The molecule has 1 radical (unpaired) electrons. The van der Waals surface area contributed by atoms with E-state index < -0.39 is 0 Å². The van der Waals surface area contributed by atoms with Crippen LogP contribution in [0.3, 0.4) is 0 Å². The standard InChI is InChI=1S/C12H11N2/c1-2-3-6-9-14-12-8-5-4-7-11(12)10-13-14/h2-3,5-8,10H,1,9H2. The van der Waals surface area contributed by atoms with Crippen LogP contribution in [0.15, 0.2) is 49.2 Å². The number of aromatic nitrogens is 2. The molecule has 0 bridgehead atoms. The Morgan fingerprint density at radius 1 is 1.57 bits per heavy atom. The highest BCUT2D eigenvalue weighted by molar-refractivity contribution is 5.78. The first kappa shape index (κ1) is 8.75. The van der Waals surface area contributed by atoms with Gasteiger partial charge in [-0.3, -0.25) is 4.68 Å². The lowest BCUT2D eigenvalue weighted by molar-refractivity contribution is 0.728. The molecular weight excluding hydrogens is 172 g/mol. The topological polar surface area (TPSA) is 17.8 Å². The van der Waals surface area contributed by atoms with Crippen molar-refractivity contribution in [3.63, 3.8) is 0 Å². The molecule has 2 rings (SSSR count). The third kappa shape index (κ3) is 1.59. The monoisotopic (exact) mass is 183 g/mol. The van der Waals surface area contributed by atoms with Crippen molar-refractivity contribution in [3.05, 3.63) is 55.3 Å². The predicted molar refractivity (Wildman–Crippen MR) is 57.9 cm³/mol. The molecule has 14 heavy (non-hydrogen) atoms. The molecule has 0 unspecified atom stereocenters. The van der Waals surface area contributed by atoms with Crippen molar-refractivity contribution in [3.8, 4) is 0 Å². The third-order valence-corrected chi connectivity index (χ3v) is 2.04. The second-order valence-electron chi connectivity index (χ2n) is 2.98. The molecule has 0 saturated carbocycles. The largest absolute Gasteiger partial charge is 0.261 e. The minimum absolute atomic E-state index is 0.777. The molecule has 0 aliphatic heterocycles. The van der Waals surface area contributed by atoms with Crippen LogP contribution in [0.2, 0.25) is 0 Å². The highest BCUT2D eigenvalue weighted by Crippen LogP contribution is 2.11. The van der Waals surface area contributed by atoms with E-state index in [0.29, 0.717) is 0 Å². The zero-order valence-corrected chi connectivity index (χ0v) is 7.85. The third-order valence-electron chi connectivity index (χ3n) is 2.04. The number of nitrogens with zero attached hydrogens (tertiary/aromatic N) is 2. The van der Waals surface area contributed by atoms with E-state index in [1.165, 1.54) is 0 Å². The maximum Gasteiger partial charge on any atom is 0.0686 e. The van der Waals surface area contributed by atoms with Crippen LogP contribution in [0.25, 0.3) is 10.9 Å². The Bertz CT molecular complexity index is 466. The van der Waals surface area contributed by atoms with Gasteiger partial charge in [-0.05, 0) is 18.2 Å². The van der Waals surface area contributed by atoms with Gasteiger partial charge in [-0.15, -0.1) is 0 Å². The first-order valence-corrected chi connectivity index (χ1v) is 4.51. The molecule has 1 aromatic heterocycles. The minimum atomic E-state index is 0.777.